The second-order valence-electron chi connectivity index (χ2n) is 4.04. The molecule has 1 atom stereocenters. The van der Waals surface area contributed by atoms with Crippen LogP contribution in [0.1, 0.15) is 16.8 Å². The molecule has 1 aliphatic rings. The van der Waals surface area contributed by atoms with Gasteiger partial charge in [-0.1, -0.05) is 0 Å². The van der Waals surface area contributed by atoms with Crippen molar-refractivity contribution in [2.45, 2.75) is 6.42 Å². The molecule has 92 valence electrons. The number of carbonyl (C=O) groups excluding carboxylic acids is 1. The summed E-state index contributed by atoms with van der Waals surface area (Å²) in [6.45, 7) is 0.335. The summed E-state index contributed by atoms with van der Waals surface area (Å²) in [6, 6.07) is 3.59. The number of aromatic carboxylic acids is 1. The van der Waals surface area contributed by atoms with Gasteiger partial charge in [-0.15, -0.1) is 12.3 Å². The Morgan fingerprint density at radius 2 is 2.28 bits per heavy atom. The molecule has 0 aliphatic carbocycles. The molecule has 1 N–H and O–H groups in total. The van der Waals surface area contributed by atoms with Gasteiger partial charge in [-0.2, -0.15) is 0 Å². The van der Waals surface area contributed by atoms with Crippen LogP contribution in [0, 0.1) is 24.1 Å². The van der Waals surface area contributed by atoms with Crippen LogP contribution in [0.15, 0.2) is 18.2 Å². The Hall–Kier alpha value is -2.35. The summed E-state index contributed by atoms with van der Waals surface area (Å²) in [5.74, 6) is -0.0765. The zero-order valence-electron chi connectivity index (χ0n) is 9.39. The molecule has 0 bridgehead atoms. The minimum Gasteiger partial charge on any atom is -0.478 e. The fourth-order valence-corrected chi connectivity index (χ4v) is 1.91. The van der Waals surface area contributed by atoms with Gasteiger partial charge in [0.15, 0.2) is 0 Å². The Balaban J connectivity index is 2.31. The summed E-state index contributed by atoms with van der Waals surface area (Å²) in [6.07, 6.45) is 5.48. The number of carboxylic acid groups (broad SMARTS) is 1. The summed E-state index contributed by atoms with van der Waals surface area (Å²) in [5, 5.41) is 8.71. The molecule has 1 heterocycles. The lowest BCUT2D eigenvalue weighted by molar-refractivity contribution is -0.117. The summed E-state index contributed by atoms with van der Waals surface area (Å²) >= 11 is 0. The van der Waals surface area contributed by atoms with Gasteiger partial charge >= 0.3 is 5.97 Å². The number of nitrogens with zero attached hydrogens (tertiary/aromatic N) is 1. The van der Waals surface area contributed by atoms with E-state index in [-0.39, 0.29) is 18.2 Å². The molecule has 1 aromatic carbocycles. The van der Waals surface area contributed by atoms with Crippen molar-refractivity contribution in [1.29, 1.82) is 0 Å². The van der Waals surface area contributed by atoms with E-state index in [0.717, 1.165) is 12.1 Å². The zero-order valence-corrected chi connectivity index (χ0v) is 9.39. The number of hydrogen-bond donors (Lipinski definition) is 1. The van der Waals surface area contributed by atoms with E-state index in [9.17, 15) is 14.0 Å². The van der Waals surface area contributed by atoms with Gasteiger partial charge in [0, 0.05) is 24.6 Å². The maximum Gasteiger partial charge on any atom is 0.338 e. The number of carbonyl (C=O) groups is 2. The Morgan fingerprint density at radius 1 is 1.56 bits per heavy atom. The average molecular weight is 247 g/mol. The molecule has 1 saturated heterocycles. The van der Waals surface area contributed by atoms with Gasteiger partial charge in [0.25, 0.3) is 0 Å². The van der Waals surface area contributed by atoms with E-state index in [1.165, 1.54) is 11.0 Å². The third-order valence-electron chi connectivity index (χ3n) is 2.86. The minimum absolute atomic E-state index is 0.180. The van der Waals surface area contributed by atoms with Crippen molar-refractivity contribution in [3.63, 3.8) is 0 Å². The summed E-state index contributed by atoms with van der Waals surface area (Å²) in [7, 11) is 0. The lowest BCUT2D eigenvalue weighted by atomic mass is 10.1. The number of rotatable bonds is 2. The second-order valence-corrected chi connectivity index (χ2v) is 4.04. The molecule has 1 aliphatic heterocycles. The molecule has 1 aromatic rings. The Morgan fingerprint density at radius 3 is 2.78 bits per heavy atom. The first kappa shape index (κ1) is 12.1. The molecular formula is C13H10FNO3. The van der Waals surface area contributed by atoms with Crippen molar-refractivity contribution in [1.82, 2.24) is 0 Å². The highest BCUT2D eigenvalue weighted by molar-refractivity contribution is 5.97. The maximum atomic E-state index is 13.5. The zero-order chi connectivity index (χ0) is 13.3. The average Bonchev–Trinajstić information content (AvgIpc) is 2.70. The summed E-state index contributed by atoms with van der Waals surface area (Å²) < 4.78 is 13.5. The van der Waals surface area contributed by atoms with Crippen molar-refractivity contribution in [2.24, 2.45) is 5.92 Å². The number of hydrogen-bond acceptors (Lipinski definition) is 2. The van der Waals surface area contributed by atoms with Gasteiger partial charge in [-0.3, -0.25) is 4.79 Å². The van der Waals surface area contributed by atoms with E-state index in [1.807, 2.05) is 0 Å². The molecular weight excluding hydrogens is 237 g/mol. The van der Waals surface area contributed by atoms with E-state index >= 15 is 0 Å². The highest BCUT2D eigenvalue weighted by Gasteiger charge is 2.29. The van der Waals surface area contributed by atoms with Crippen molar-refractivity contribution < 1.29 is 19.1 Å². The van der Waals surface area contributed by atoms with E-state index < -0.39 is 17.3 Å². The molecule has 1 unspecified atom stereocenters. The lowest BCUT2D eigenvalue weighted by Gasteiger charge is -2.16. The smallest absolute Gasteiger partial charge is 0.338 e. The largest absolute Gasteiger partial charge is 0.478 e. The predicted octanol–water partition coefficient (Wildman–Crippen LogP) is 1.51. The number of amides is 1. The molecule has 1 fully saturated rings. The second kappa shape index (κ2) is 4.49. The highest BCUT2D eigenvalue weighted by atomic mass is 19.1. The summed E-state index contributed by atoms with van der Waals surface area (Å²) in [5.41, 5.74) is -0.0841. The maximum absolute atomic E-state index is 13.5. The lowest BCUT2D eigenvalue weighted by Crippen LogP contribution is -2.24. The van der Waals surface area contributed by atoms with Gasteiger partial charge in [0.05, 0.1) is 5.56 Å². The van der Waals surface area contributed by atoms with Gasteiger partial charge in [0.1, 0.15) is 5.82 Å². The molecule has 0 radical (unpaired) electrons. The van der Waals surface area contributed by atoms with E-state index in [4.69, 9.17) is 11.5 Å². The third-order valence-corrected chi connectivity index (χ3v) is 2.86. The van der Waals surface area contributed by atoms with Gasteiger partial charge in [-0.25, -0.2) is 9.18 Å². The van der Waals surface area contributed by atoms with Crippen LogP contribution in [-0.2, 0) is 4.79 Å². The summed E-state index contributed by atoms with van der Waals surface area (Å²) in [4.78, 5) is 23.7. The first-order valence-electron chi connectivity index (χ1n) is 5.32. The SMILES string of the molecule is C#CC1CC(=O)N(c2ccc(C(=O)O)c(F)c2)C1. The molecule has 0 aromatic heterocycles. The molecule has 0 saturated carbocycles. The van der Waals surface area contributed by atoms with E-state index in [2.05, 4.69) is 5.92 Å². The van der Waals surface area contributed by atoms with Crippen LogP contribution in [0.2, 0.25) is 0 Å². The first-order chi connectivity index (χ1) is 8.52. The number of anilines is 1. The van der Waals surface area contributed by atoms with Gasteiger partial charge in [-0.05, 0) is 18.2 Å². The van der Waals surface area contributed by atoms with Crippen LogP contribution in [0.3, 0.4) is 0 Å². The molecule has 1 amide bonds. The quantitative estimate of drug-likeness (QED) is 0.806. The first-order valence-corrected chi connectivity index (χ1v) is 5.32. The number of terminal acetylenes is 1. The number of carboxylic acids is 1. The van der Waals surface area contributed by atoms with Crippen LogP contribution < -0.4 is 4.90 Å². The fourth-order valence-electron chi connectivity index (χ4n) is 1.91. The van der Waals surface area contributed by atoms with Crippen LogP contribution in [0.25, 0.3) is 0 Å². The Kier molecular flexibility index (Phi) is 3.02. The molecule has 4 nitrogen and oxygen atoms in total. The molecule has 0 spiro atoms. The number of benzene rings is 1. The van der Waals surface area contributed by atoms with Crippen LogP contribution in [-0.4, -0.2) is 23.5 Å². The van der Waals surface area contributed by atoms with E-state index in [1.54, 1.807) is 0 Å². The van der Waals surface area contributed by atoms with Crippen LogP contribution in [0.5, 0.6) is 0 Å². The van der Waals surface area contributed by atoms with Gasteiger partial charge < -0.3 is 10.0 Å². The predicted molar refractivity (Wildman–Crippen MR) is 62.7 cm³/mol. The number of halogens is 1. The normalized spacial score (nSPS) is 18.8. The minimum atomic E-state index is -1.34. The molecule has 5 heteroatoms. The topological polar surface area (TPSA) is 57.6 Å². The third kappa shape index (κ3) is 2.05. The fraction of sp³-hybridized carbons (Fsp3) is 0.231. The van der Waals surface area contributed by atoms with E-state index in [0.29, 0.717) is 12.2 Å². The van der Waals surface area contributed by atoms with Crippen LogP contribution in [0.4, 0.5) is 10.1 Å². The standard InChI is InChI=1S/C13H10FNO3/c1-2-8-5-12(16)15(7-8)9-3-4-10(13(17)18)11(14)6-9/h1,3-4,6,8H,5,7H2,(H,17,18). The Labute approximate surface area is 103 Å². The highest BCUT2D eigenvalue weighted by Crippen LogP contribution is 2.26. The van der Waals surface area contributed by atoms with Crippen molar-refractivity contribution >= 4 is 17.6 Å². The van der Waals surface area contributed by atoms with Crippen molar-refractivity contribution in [3.8, 4) is 12.3 Å². The monoisotopic (exact) mass is 247 g/mol. The Bertz CT molecular complexity index is 562. The molecule has 18 heavy (non-hydrogen) atoms. The van der Waals surface area contributed by atoms with Gasteiger partial charge in [0.2, 0.25) is 5.91 Å². The van der Waals surface area contributed by atoms with Crippen LogP contribution >= 0.6 is 0 Å². The van der Waals surface area contributed by atoms with Crippen molar-refractivity contribution in [3.05, 3.63) is 29.6 Å². The van der Waals surface area contributed by atoms with Crippen molar-refractivity contribution in [2.75, 3.05) is 11.4 Å². The molecule has 2 rings (SSSR count).